The average Bonchev–Trinajstić information content (AvgIpc) is 3.49. The van der Waals surface area contributed by atoms with Gasteiger partial charge in [-0.15, -0.1) is 0 Å². The van der Waals surface area contributed by atoms with Crippen molar-refractivity contribution in [3.63, 3.8) is 0 Å². The Morgan fingerprint density at radius 2 is 1.81 bits per heavy atom. The molecule has 0 radical (unpaired) electrons. The number of nitrogens with one attached hydrogen (secondary N) is 2. The smallest absolute Gasteiger partial charge is 0.318 e. The molecule has 5 heteroatoms. The van der Waals surface area contributed by atoms with Gasteiger partial charge < -0.3 is 15.5 Å². The van der Waals surface area contributed by atoms with E-state index >= 15 is 0 Å². The summed E-state index contributed by atoms with van der Waals surface area (Å²) in [7, 11) is 0. The van der Waals surface area contributed by atoms with Gasteiger partial charge in [-0.2, -0.15) is 0 Å². The summed E-state index contributed by atoms with van der Waals surface area (Å²) in [5.41, 5.74) is 2.45. The summed E-state index contributed by atoms with van der Waals surface area (Å²) in [5.74, 6) is 0.652. The van der Waals surface area contributed by atoms with Gasteiger partial charge >= 0.3 is 6.03 Å². The number of carbonyl (C=O) groups is 2. The van der Waals surface area contributed by atoms with E-state index in [0.29, 0.717) is 12.5 Å². The quantitative estimate of drug-likeness (QED) is 0.802. The number of benzene rings is 1. The van der Waals surface area contributed by atoms with Crippen LogP contribution >= 0.6 is 0 Å². The van der Waals surface area contributed by atoms with E-state index in [4.69, 9.17) is 0 Å². The van der Waals surface area contributed by atoms with Crippen LogP contribution in [0, 0.1) is 11.8 Å². The minimum atomic E-state index is -0.118. The molecule has 1 saturated heterocycles. The van der Waals surface area contributed by atoms with E-state index in [9.17, 15) is 9.59 Å². The van der Waals surface area contributed by atoms with Crippen LogP contribution in [0.5, 0.6) is 0 Å². The summed E-state index contributed by atoms with van der Waals surface area (Å²) in [4.78, 5) is 27.3. The van der Waals surface area contributed by atoms with Gasteiger partial charge in [0.05, 0.1) is 12.0 Å². The van der Waals surface area contributed by atoms with Gasteiger partial charge in [-0.25, -0.2) is 4.79 Å². The van der Waals surface area contributed by atoms with Gasteiger partial charge in [0.15, 0.2) is 0 Å². The molecule has 1 saturated carbocycles. The van der Waals surface area contributed by atoms with Crippen LogP contribution in [0.25, 0.3) is 0 Å². The second kappa shape index (κ2) is 8.77. The van der Waals surface area contributed by atoms with E-state index in [0.717, 1.165) is 31.4 Å². The molecular weight excluding hydrogens is 338 g/mol. The maximum Gasteiger partial charge on any atom is 0.318 e. The number of carbonyl (C=O) groups excluding carboxylic acids is 2. The van der Waals surface area contributed by atoms with E-state index in [2.05, 4.69) is 41.8 Å². The zero-order chi connectivity index (χ0) is 19.4. The minimum absolute atomic E-state index is 0.0298. The van der Waals surface area contributed by atoms with Crippen molar-refractivity contribution >= 4 is 11.9 Å². The van der Waals surface area contributed by atoms with E-state index in [-0.39, 0.29) is 29.9 Å². The van der Waals surface area contributed by atoms with Crippen molar-refractivity contribution in [2.75, 3.05) is 13.1 Å². The lowest BCUT2D eigenvalue weighted by Crippen LogP contribution is -2.51. The van der Waals surface area contributed by atoms with Crippen molar-refractivity contribution < 1.29 is 9.59 Å². The highest BCUT2D eigenvalue weighted by Crippen LogP contribution is 2.34. The molecule has 148 valence electrons. The standard InChI is InChI=1S/C22H33N3O2/c1-4-16-7-9-18(10-8-16)20-12-11-19(21(26)23-13-17-5-6-17)14-25(20)22(27)24-15(2)3/h7-10,15,17,19-20H,4-6,11-14H2,1-3H3,(H,23,26)(H,24,27). The molecule has 3 rings (SSSR count). The Balaban J connectivity index is 1.71. The average molecular weight is 372 g/mol. The van der Waals surface area contributed by atoms with Gasteiger partial charge in [0.1, 0.15) is 0 Å². The van der Waals surface area contributed by atoms with Crippen molar-refractivity contribution in [2.24, 2.45) is 11.8 Å². The number of hydrogen-bond donors (Lipinski definition) is 2. The summed E-state index contributed by atoms with van der Waals surface area (Å²) >= 11 is 0. The monoisotopic (exact) mass is 371 g/mol. The molecule has 27 heavy (non-hydrogen) atoms. The van der Waals surface area contributed by atoms with Gasteiger partial charge in [-0.05, 0) is 63.0 Å². The molecule has 3 amide bonds. The number of rotatable bonds is 6. The molecule has 2 aliphatic rings. The van der Waals surface area contributed by atoms with Gasteiger partial charge in [0, 0.05) is 19.1 Å². The number of urea groups is 1. The lowest BCUT2D eigenvalue weighted by molar-refractivity contribution is -0.126. The second-order valence-corrected chi connectivity index (χ2v) is 8.33. The van der Waals surface area contributed by atoms with Gasteiger partial charge in [0.2, 0.25) is 5.91 Å². The Labute approximate surface area is 162 Å². The molecule has 0 spiro atoms. The third-order valence-electron chi connectivity index (χ3n) is 5.66. The van der Waals surface area contributed by atoms with Crippen molar-refractivity contribution in [3.05, 3.63) is 35.4 Å². The first-order valence-corrected chi connectivity index (χ1v) is 10.4. The number of nitrogens with zero attached hydrogens (tertiary/aromatic N) is 1. The summed E-state index contributed by atoms with van der Waals surface area (Å²) in [6.45, 7) is 7.34. The van der Waals surface area contributed by atoms with Crippen LogP contribution in [0.1, 0.15) is 63.6 Å². The number of likely N-dealkylation sites (tertiary alicyclic amines) is 1. The SMILES string of the molecule is CCc1ccc(C2CCC(C(=O)NCC3CC3)CN2C(=O)NC(C)C)cc1. The summed E-state index contributed by atoms with van der Waals surface area (Å²) < 4.78 is 0. The summed E-state index contributed by atoms with van der Waals surface area (Å²) in [6, 6.07) is 8.57. The lowest BCUT2D eigenvalue weighted by atomic mass is 9.88. The third-order valence-corrected chi connectivity index (χ3v) is 5.66. The molecule has 1 heterocycles. The minimum Gasteiger partial charge on any atom is -0.356 e. The first-order chi connectivity index (χ1) is 13.0. The summed E-state index contributed by atoms with van der Waals surface area (Å²) in [6.07, 6.45) is 5.10. The van der Waals surface area contributed by atoms with Crippen LogP contribution in [-0.2, 0) is 11.2 Å². The van der Waals surface area contributed by atoms with Crippen LogP contribution in [0.2, 0.25) is 0 Å². The molecule has 1 aliphatic heterocycles. The van der Waals surface area contributed by atoms with Crippen LogP contribution in [0.15, 0.2) is 24.3 Å². The zero-order valence-corrected chi connectivity index (χ0v) is 16.8. The van der Waals surface area contributed by atoms with Gasteiger partial charge in [-0.3, -0.25) is 4.79 Å². The fraction of sp³-hybridized carbons (Fsp3) is 0.636. The second-order valence-electron chi connectivity index (χ2n) is 8.33. The fourth-order valence-electron chi connectivity index (χ4n) is 3.77. The van der Waals surface area contributed by atoms with Crippen molar-refractivity contribution in [1.82, 2.24) is 15.5 Å². The molecular formula is C22H33N3O2. The molecule has 1 aliphatic carbocycles. The Hall–Kier alpha value is -2.04. The first-order valence-electron chi connectivity index (χ1n) is 10.4. The first kappa shape index (κ1) is 19.7. The molecule has 1 aromatic carbocycles. The number of amides is 3. The molecule has 2 unspecified atom stereocenters. The highest BCUT2D eigenvalue weighted by Gasteiger charge is 2.36. The largest absolute Gasteiger partial charge is 0.356 e. The zero-order valence-electron chi connectivity index (χ0n) is 16.8. The lowest BCUT2D eigenvalue weighted by Gasteiger charge is -2.39. The predicted octanol–water partition coefficient (Wildman–Crippen LogP) is 3.65. The highest BCUT2D eigenvalue weighted by atomic mass is 16.2. The van der Waals surface area contributed by atoms with Crippen LogP contribution in [0.4, 0.5) is 4.79 Å². The molecule has 2 fully saturated rings. The number of piperidine rings is 1. The van der Waals surface area contributed by atoms with E-state index in [1.807, 2.05) is 18.7 Å². The maximum absolute atomic E-state index is 12.8. The van der Waals surface area contributed by atoms with Crippen molar-refractivity contribution in [3.8, 4) is 0 Å². The van der Waals surface area contributed by atoms with Crippen LogP contribution < -0.4 is 10.6 Å². The molecule has 2 atom stereocenters. The van der Waals surface area contributed by atoms with E-state index in [1.54, 1.807) is 0 Å². The molecule has 0 bridgehead atoms. The van der Waals surface area contributed by atoms with Crippen molar-refractivity contribution in [2.45, 2.75) is 65.0 Å². The topological polar surface area (TPSA) is 61.4 Å². The van der Waals surface area contributed by atoms with E-state index < -0.39 is 0 Å². The van der Waals surface area contributed by atoms with Gasteiger partial charge in [0.25, 0.3) is 0 Å². The maximum atomic E-state index is 12.8. The summed E-state index contributed by atoms with van der Waals surface area (Å²) in [5, 5.41) is 6.10. The highest BCUT2D eigenvalue weighted by molar-refractivity contribution is 5.81. The fourth-order valence-corrected chi connectivity index (χ4v) is 3.77. The third kappa shape index (κ3) is 5.24. The Bertz CT molecular complexity index is 652. The van der Waals surface area contributed by atoms with Crippen LogP contribution in [-0.4, -0.2) is 36.0 Å². The van der Waals surface area contributed by atoms with Crippen molar-refractivity contribution in [1.29, 1.82) is 0 Å². The van der Waals surface area contributed by atoms with E-state index in [1.165, 1.54) is 18.4 Å². The Kier molecular flexibility index (Phi) is 6.40. The molecule has 5 nitrogen and oxygen atoms in total. The molecule has 0 aromatic heterocycles. The Morgan fingerprint density at radius 1 is 1.11 bits per heavy atom. The Morgan fingerprint density at radius 3 is 2.41 bits per heavy atom. The predicted molar refractivity (Wildman–Crippen MR) is 107 cm³/mol. The number of hydrogen-bond acceptors (Lipinski definition) is 2. The number of aryl methyl sites for hydroxylation is 1. The normalized spacial score (nSPS) is 22.6. The van der Waals surface area contributed by atoms with Crippen LogP contribution in [0.3, 0.4) is 0 Å². The molecule has 1 aromatic rings. The van der Waals surface area contributed by atoms with Gasteiger partial charge in [-0.1, -0.05) is 31.2 Å². The molecule has 2 N–H and O–H groups in total.